The van der Waals surface area contributed by atoms with Gasteiger partial charge in [-0.1, -0.05) is 48.5 Å². The number of rotatable bonds is 3. The van der Waals surface area contributed by atoms with E-state index in [1.54, 1.807) is 11.9 Å². The summed E-state index contributed by atoms with van der Waals surface area (Å²) in [6.07, 6.45) is -0.182. The molecule has 0 spiro atoms. The Balaban J connectivity index is 1.51. The van der Waals surface area contributed by atoms with Gasteiger partial charge in [0.25, 0.3) is 5.91 Å². The summed E-state index contributed by atoms with van der Waals surface area (Å²) in [5.74, 6) is 1.46. The average Bonchev–Trinajstić information content (AvgIpc) is 2.67. The third kappa shape index (κ3) is 3.03. The molecule has 0 radical (unpaired) electrons. The highest BCUT2D eigenvalue weighted by Gasteiger charge is 2.24. The predicted molar refractivity (Wildman–Crippen MR) is 97.3 cm³/mol. The number of hydrogen-bond donors (Lipinski definition) is 0. The Bertz CT molecular complexity index is 916. The fourth-order valence-electron chi connectivity index (χ4n) is 3.16. The highest BCUT2D eigenvalue weighted by molar-refractivity contribution is 6.06. The molecule has 1 aliphatic heterocycles. The third-order valence-corrected chi connectivity index (χ3v) is 4.41. The van der Waals surface area contributed by atoms with Crippen molar-refractivity contribution in [2.75, 3.05) is 20.2 Å². The van der Waals surface area contributed by atoms with Gasteiger partial charge in [-0.2, -0.15) is 0 Å². The summed E-state index contributed by atoms with van der Waals surface area (Å²) in [5.41, 5.74) is 0.706. The Morgan fingerprint density at radius 3 is 2.60 bits per heavy atom. The minimum Gasteiger partial charge on any atom is -0.486 e. The molecule has 4 heteroatoms. The molecule has 0 unspecified atom stereocenters. The van der Waals surface area contributed by atoms with E-state index < -0.39 is 0 Å². The third-order valence-electron chi connectivity index (χ3n) is 4.41. The van der Waals surface area contributed by atoms with E-state index in [2.05, 4.69) is 0 Å². The molecule has 4 nitrogen and oxygen atoms in total. The van der Waals surface area contributed by atoms with Crippen molar-refractivity contribution in [2.24, 2.45) is 0 Å². The monoisotopic (exact) mass is 333 g/mol. The Hall–Kier alpha value is -3.01. The molecule has 126 valence electrons. The maximum Gasteiger partial charge on any atom is 0.254 e. The fraction of sp³-hybridized carbons (Fsp3) is 0.190. The van der Waals surface area contributed by atoms with Gasteiger partial charge in [0.15, 0.2) is 17.6 Å². The zero-order valence-corrected chi connectivity index (χ0v) is 14.0. The number of likely N-dealkylation sites (N-methyl/N-ethyl adjacent to an activating group) is 1. The van der Waals surface area contributed by atoms with Gasteiger partial charge in [-0.25, -0.2) is 0 Å². The fourth-order valence-corrected chi connectivity index (χ4v) is 3.16. The minimum atomic E-state index is -0.182. The molecule has 1 amide bonds. The van der Waals surface area contributed by atoms with Crippen molar-refractivity contribution in [1.82, 2.24) is 4.90 Å². The zero-order chi connectivity index (χ0) is 17.2. The molecule has 0 aliphatic carbocycles. The first kappa shape index (κ1) is 15.5. The van der Waals surface area contributed by atoms with Crippen LogP contribution in [-0.2, 0) is 0 Å². The molecule has 25 heavy (non-hydrogen) atoms. The Morgan fingerprint density at radius 1 is 1.00 bits per heavy atom. The van der Waals surface area contributed by atoms with E-state index in [4.69, 9.17) is 9.47 Å². The molecule has 1 atom stereocenters. The number of para-hydroxylation sites is 2. The summed E-state index contributed by atoms with van der Waals surface area (Å²) in [6, 6.07) is 21.3. The molecular weight excluding hydrogens is 314 g/mol. The van der Waals surface area contributed by atoms with Crippen LogP contribution in [0.3, 0.4) is 0 Å². The van der Waals surface area contributed by atoms with Gasteiger partial charge in [0.05, 0.1) is 6.54 Å². The predicted octanol–water partition coefficient (Wildman–Crippen LogP) is 3.75. The molecule has 3 aromatic carbocycles. The van der Waals surface area contributed by atoms with Crippen LogP contribution >= 0.6 is 0 Å². The molecule has 0 saturated carbocycles. The molecule has 1 heterocycles. The van der Waals surface area contributed by atoms with E-state index in [1.807, 2.05) is 66.7 Å². The Kier molecular flexibility index (Phi) is 4.02. The molecule has 1 aliphatic rings. The van der Waals surface area contributed by atoms with Gasteiger partial charge in [0.1, 0.15) is 6.61 Å². The van der Waals surface area contributed by atoms with Crippen molar-refractivity contribution in [3.63, 3.8) is 0 Å². The largest absolute Gasteiger partial charge is 0.486 e. The van der Waals surface area contributed by atoms with Gasteiger partial charge in [0.2, 0.25) is 0 Å². The summed E-state index contributed by atoms with van der Waals surface area (Å²) in [7, 11) is 1.80. The topological polar surface area (TPSA) is 38.8 Å². The van der Waals surface area contributed by atoms with Crippen LogP contribution in [0.25, 0.3) is 10.8 Å². The van der Waals surface area contributed by atoms with Crippen LogP contribution in [0.4, 0.5) is 0 Å². The van der Waals surface area contributed by atoms with E-state index in [9.17, 15) is 4.79 Å². The van der Waals surface area contributed by atoms with E-state index in [0.29, 0.717) is 18.7 Å². The van der Waals surface area contributed by atoms with E-state index >= 15 is 0 Å². The molecular formula is C21H19NO3. The average molecular weight is 333 g/mol. The standard InChI is InChI=1S/C21H19NO3/c1-22(13-16-14-24-19-11-4-5-12-20(19)25-16)21(23)18-10-6-8-15-7-2-3-9-17(15)18/h2-12,16H,13-14H2,1H3/t16-/m0/s1. The highest BCUT2D eigenvalue weighted by Crippen LogP contribution is 2.31. The number of nitrogens with zero attached hydrogens (tertiary/aromatic N) is 1. The smallest absolute Gasteiger partial charge is 0.254 e. The van der Waals surface area contributed by atoms with Crippen molar-refractivity contribution >= 4 is 16.7 Å². The van der Waals surface area contributed by atoms with Crippen molar-refractivity contribution in [3.8, 4) is 11.5 Å². The van der Waals surface area contributed by atoms with Gasteiger partial charge in [-0.3, -0.25) is 4.79 Å². The number of carbonyl (C=O) groups is 1. The van der Waals surface area contributed by atoms with Gasteiger partial charge in [0, 0.05) is 12.6 Å². The number of benzene rings is 3. The molecule has 0 saturated heterocycles. The molecule has 3 aromatic rings. The molecule has 0 N–H and O–H groups in total. The SMILES string of the molecule is CN(C[C@H]1COc2ccccc2O1)C(=O)c1cccc2ccccc12. The summed E-state index contributed by atoms with van der Waals surface area (Å²) in [5, 5.41) is 2.03. The molecule has 0 aromatic heterocycles. The van der Waals surface area contributed by atoms with Crippen LogP contribution < -0.4 is 9.47 Å². The van der Waals surface area contributed by atoms with Crippen molar-refractivity contribution < 1.29 is 14.3 Å². The summed E-state index contributed by atoms with van der Waals surface area (Å²) >= 11 is 0. The first-order valence-electron chi connectivity index (χ1n) is 8.34. The number of ether oxygens (including phenoxy) is 2. The maximum absolute atomic E-state index is 12.9. The second-order valence-corrected chi connectivity index (χ2v) is 6.21. The minimum absolute atomic E-state index is 0.0146. The van der Waals surface area contributed by atoms with Gasteiger partial charge in [-0.05, 0) is 29.0 Å². The van der Waals surface area contributed by atoms with Crippen LogP contribution in [0.1, 0.15) is 10.4 Å². The van der Waals surface area contributed by atoms with Crippen molar-refractivity contribution in [2.45, 2.75) is 6.10 Å². The van der Waals surface area contributed by atoms with E-state index in [1.165, 1.54) is 0 Å². The van der Waals surface area contributed by atoms with Crippen molar-refractivity contribution in [3.05, 3.63) is 72.3 Å². The number of hydrogen-bond acceptors (Lipinski definition) is 3. The van der Waals surface area contributed by atoms with Gasteiger partial charge in [-0.15, -0.1) is 0 Å². The number of carbonyl (C=O) groups excluding carboxylic acids is 1. The lowest BCUT2D eigenvalue weighted by molar-refractivity contribution is 0.0522. The second-order valence-electron chi connectivity index (χ2n) is 6.21. The summed E-state index contributed by atoms with van der Waals surface area (Å²) in [6.45, 7) is 0.903. The quantitative estimate of drug-likeness (QED) is 0.733. The Morgan fingerprint density at radius 2 is 1.72 bits per heavy atom. The summed E-state index contributed by atoms with van der Waals surface area (Å²) in [4.78, 5) is 14.6. The highest BCUT2D eigenvalue weighted by atomic mass is 16.6. The van der Waals surface area contributed by atoms with Crippen LogP contribution in [-0.4, -0.2) is 37.1 Å². The first-order valence-corrected chi connectivity index (χ1v) is 8.34. The van der Waals surface area contributed by atoms with E-state index in [0.717, 1.165) is 22.3 Å². The number of amides is 1. The molecule has 0 bridgehead atoms. The van der Waals surface area contributed by atoms with Crippen LogP contribution in [0.5, 0.6) is 11.5 Å². The maximum atomic E-state index is 12.9. The second kappa shape index (κ2) is 6.48. The molecule has 4 rings (SSSR count). The lowest BCUT2D eigenvalue weighted by Crippen LogP contribution is -2.41. The lowest BCUT2D eigenvalue weighted by Gasteiger charge is -2.29. The van der Waals surface area contributed by atoms with Gasteiger partial charge < -0.3 is 14.4 Å². The van der Waals surface area contributed by atoms with Gasteiger partial charge >= 0.3 is 0 Å². The number of fused-ring (bicyclic) bond motifs is 2. The normalized spacial score (nSPS) is 15.8. The first-order chi connectivity index (χ1) is 12.2. The van der Waals surface area contributed by atoms with Crippen LogP contribution in [0.2, 0.25) is 0 Å². The van der Waals surface area contributed by atoms with Crippen LogP contribution in [0.15, 0.2) is 66.7 Å². The van der Waals surface area contributed by atoms with Crippen molar-refractivity contribution in [1.29, 1.82) is 0 Å². The van der Waals surface area contributed by atoms with Crippen LogP contribution in [0, 0.1) is 0 Å². The molecule has 0 fully saturated rings. The Labute approximate surface area is 146 Å². The van der Waals surface area contributed by atoms with E-state index in [-0.39, 0.29) is 12.0 Å². The zero-order valence-electron chi connectivity index (χ0n) is 14.0. The lowest BCUT2D eigenvalue weighted by atomic mass is 10.0. The summed E-state index contributed by atoms with van der Waals surface area (Å²) < 4.78 is 11.7.